The molecule has 12 heteroatoms. The van der Waals surface area contributed by atoms with Crippen molar-refractivity contribution in [1.82, 2.24) is 18.8 Å². The highest BCUT2D eigenvalue weighted by Crippen LogP contribution is 2.26. The van der Waals surface area contributed by atoms with Crippen LogP contribution in [0.5, 0.6) is 12.0 Å². The molecular formula is C9H13ClN5O5S+. The molecule has 1 rings (SSSR count). The molecule has 21 heavy (non-hydrogen) atoms. The van der Waals surface area contributed by atoms with Crippen molar-refractivity contribution < 1.29 is 22.7 Å². The Bertz CT molecular complexity index is 657. The molecule has 0 saturated heterocycles. The summed E-state index contributed by atoms with van der Waals surface area (Å²) >= 11 is 5.28. The van der Waals surface area contributed by atoms with Crippen molar-refractivity contribution in [3.05, 3.63) is 10.9 Å². The van der Waals surface area contributed by atoms with Gasteiger partial charge >= 0.3 is 34.0 Å². The van der Waals surface area contributed by atoms with Crippen molar-refractivity contribution in [2.75, 3.05) is 21.3 Å². The Kier molecular flexibility index (Phi) is 5.04. The lowest BCUT2D eigenvalue weighted by Gasteiger charge is -2.23. The van der Waals surface area contributed by atoms with Crippen LogP contribution >= 0.6 is 11.6 Å². The monoisotopic (exact) mass is 338 g/mol. The van der Waals surface area contributed by atoms with E-state index < -0.39 is 25.9 Å². The van der Waals surface area contributed by atoms with Gasteiger partial charge in [-0.15, -0.1) is 15.0 Å². The van der Waals surface area contributed by atoms with Crippen LogP contribution in [0.4, 0.5) is 10.7 Å². The second-order valence-corrected chi connectivity index (χ2v) is 5.93. The minimum Gasteiger partial charge on any atom is -0.466 e. The van der Waals surface area contributed by atoms with Crippen LogP contribution in [0.3, 0.4) is 0 Å². The van der Waals surface area contributed by atoms with Crippen LogP contribution in [0.25, 0.3) is 0 Å². The Morgan fingerprint density at radius 1 is 1.24 bits per heavy atom. The van der Waals surface area contributed by atoms with E-state index in [1.165, 1.54) is 14.2 Å². The molecule has 10 nitrogen and oxygen atoms in total. The van der Waals surface area contributed by atoms with Crippen molar-refractivity contribution in [2.24, 2.45) is 5.73 Å². The predicted octanol–water partition coefficient (Wildman–Crippen LogP) is -0.0556. The first-order valence-corrected chi connectivity index (χ1v) is 7.20. The van der Waals surface area contributed by atoms with Gasteiger partial charge in [0.05, 0.1) is 19.6 Å². The zero-order valence-electron chi connectivity index (χ0n) is 11.3. The first-order valence-electron chi connectivity index (χ1n) is 5.26. The number of hydrogen-bond donors (Lipinski definition) is 1. The van der Waals surface area contributed by atoms with E-state index in [0.717, 1.165) is 12.6 Å². The fraction of sp³-hybridized carbons (Fsp3) is 0.333. The third-order valence-electron chi connectivity index (χ3n) is 2.48. The van der Waals surface area contributed by atoms with Crippen molar-refractivity contribution >= 4 is 33.6 Å². The molecule has 116 valence electrons. The summed E-state index contributed by atoms with van der Waals surface area (Å²) in [6.45, 7) is 0. The zero-order chi connectivity index (χ0) is 16.3. The molecular weight excluding hydrogens is 326 g/mol. The molecule has 0 aromatic carbocycles. The average Bonchev–Trinajstić information content (AvgIpc) is 2.45. The number of urea groups is 1. The molecule has 1 unspecified atom stereocenters. The van der Waals surface area contributed by atoms with E-state index in [1.54, 1.807) is 0 Å². The van der Waals surface area contributed by atoms with Crippen LogP contribution in [0.15, 0.2) is 10.9 Å². The van der Waals surface area contributed by atoms with Crippen molar-refractivity contribution in [3.8, 4) is 12.0 Å². The van der Waals surface area contributed by atoms with Gasteiger partial charge < -0.3 is 15.2 Å². The van der Waals surface area contributed by atoms with E-state index in [4.69, 9.17) is 26.8 Å². The summed E-state index contributed by atoms with van der Waals surface area (Å²) in [4.78, 5) is 22.9. The van der Waals surface area contributed by atoms with E-state index in [0.29, 0.717) is 5.41 Å². The number of quaternary nitrogens is 1. The summed E-state index contributed by atoms with van der Waals surface area (Å²) in [5.74, 6) is -0.499. The van der Waals surface area contributed by atoms with Crippen LogP contribution in [0.1, 0.15) is 0 Å². The van der Waals surface area contributed by atoms with Crippen LogP contribution in [-0.4, -0.2) is 50.7 Å². The number of hydrogen-bond acceptors (Lipinski definition) is 8. The summed E-state index contributed by atoms with van der Waals surface area (Å²) in [6, 6.07) is -1.74. The molecule has 2 N–H and O–H groups in total. The average molecular weight is 339 g/mol. The van der Waals surface area contributed by atoms with Crippen LogP contribution in [0.2, 0.25) is 0 Å². The number of carbonyl (C=O) groups excluding carboxylic acids is 1. The molecule has 2 amide bonds. The number of methoxy groups -OCH3 is 2. The Hall–Kier alpha value is -1.98. The van der Waals surface area contributed by atoms with Gasteiger partial charge in [0.15, 0.2) is 0 Å². The molecule has 0 spiro atoms. The Labute approximate surface area is 125 Å². The maximum absolute atomic E-state index is 12.2. The predicted molar refractivity (Wildman–Crippen MR) is 74.1 cm³/mol. The number of carbonyl (C=O) groups is 1. The zero-order valence-corrected chi connectivity index (χ0v) is 12.9. The van der Waals surface area contributed by atoms with E-state index in [9.17, 15) is 13.2 Å². The number of nitrogens with zero attached hydrogens (tertiary/aromatic N) is 4. The Morgan fingerprint density at radius 2 is 1.71 bits per heavy atom. The van der Waals surface area contributed by atoms with Gasteiger partial charge in [-0.3, -0.25) is 0 Å². The fourth-order valence-electron chi connectivity index (χ4n) is 1.23. The van der Waals surface area contributed by atoms with Crippen LogP contribution < -0.4 is 19.1 Å². The molecule has 0 bridgehead atoms. The molecule has 0 aliphatic carbocycles. The number of ether oxygens (including phenoxy) is 2. The number of halogens is 1. The number of primary amides is 1. The van der Waals surface area contributed by atoms with Crippen molar-refractivity contribution in [1.29, 1.82) is 0 Å². The van der Waals surface area contributed by atoms with Gasteiger partial charge in [-0.1, -0.05) is 15.5 Å². The minimum absolute atomic E-state index is 0.243. The SMILES string of the molecule is COc1nc(OC)nc([N+](C)(C(N)=O)S(=O)(=O)/C=C/Cl)n1. The lowest BCUT2D eigenvalue weighted by atomic mass is 10.7. The number of nitrogens with two attached hydrogens (primary N) is 1. The normalized spacial score (nSPS) is 14.7. The maximum Gasteiger partial charge on any atom is 0.437 e. The molecule has 1 aromatic rings. The van der Waals surface area contributed by atoms with Gasteiger partial charge in [-0.25, -0.2) is 4.79 Å². The number of amides is 2. The summed E-state index contributed by atoms with van der Waals surface area (Å²) in [5, 5.41) is 0.599. The highest BCUT2D eigenvalue weighted by Gasteiger charge is 2.48. The second-order valence-electron chi connectivity index (χ2n) is 3.65. The Morgan fingerprint density at radius 3 is 2.05 bits per heavy atom. The summed E-state index contributed by atoms with van der Waals surface area (Å²) < 4.78 is 32.6. The van der Waals surface area contributed by atoms with Gasteiger partial charge in [-0.05, 0) is 0 Å². The quantitative estimate of drug-likeness (QED) is 0.738. The maximum atomic E-state index is 12.2. The summed E-state index contributed by atoms with van der Waals surface area (Å²) in [7, 11) is -0.798. The topological polar surface area (TPSA) is 134 Å². The van der Waals surface area contributed by atoms with Crippen molar-refractivity contribution in [2.45, 2.75) is 0 Å². The molecule has 0 aliphatic rings. The third kappa shape index (κ3) is 3.04. The van der Waals surface area contributed by atoms with Gasteiger partial charge in [0.25, 0.3) is 0 Å². The van der Waals surface area contributed by atoms with Crippen LogP contribution in [-0.2, 0) is 10.0 Å². The van der Waals surface area contributed by atoms with E-state index in [2.05, 4.69) is 15.0 Å². The van der Waals surface area contributed by atoms with Gasteiger partial charge in [-0.2, -0.15) is 8.42 Å². The first-order chi connectivity index (χ1) is 9.72. The van der Waals surface area contributed by atoms with Gasteiger partial charge in [0, 0.05) is 5.54 Å². The molecule has 0 aliphatic heterocycles. The van der Waals surface area contributed by atoms with E-state index in [-0.39, 0.29) is 12.0 Å². The highest BCUT2D eigenvalue weighted by atomic mass is 35.5. The molecule has 0 saturated carbocycles. The van der Waals surface area contributed by atoms with E-state index in [1.807, 2.05) is 0 Å². The number of sulfonamides is 1. The first kappa shape index (κ1) is 17.1. The largest absolute Gasteiger partial charge is 0.466 e. The number of aromatic nitrogens is 3. The lowest BCUT2D eigenvalue weighted by molar-refractivity contribution is 0.235. The van der Waals surface area contributed by atoms with Gasteiger partial charge in [0.2, 0.25) is 0 Å². The number of rotatable bonds is 5. The van der Waals surface area contributed by atoms with Crippen LogP contribution in [0, 0.1) is 0 Å². The smallest absolute Gasteiger partial charge is 0.437 e. The molecule has 1 atom stereocenters. The molecule has 1 aromatic heterocycles. The molecule has 0 radical (unpaired) electrons. The summed E-state index contributed by atoms with van der Waals surface area (Å²) in [6.07, 6.45) is 0. The van der Waals surface area contributed by atoms with Crippen molar-refractivity contribution in [3.63, 3.8) is 0 Å². The fourth-order valence-corrected chi connectivity index (χ4v) is 2.55. The Balaban J connectivity index is 3.67. The lowest BCUT2D eigenvalue weighted by Crippen LogP contribution is -2.58. The molecule has 0 fully saturated rings. The second kappa shape index (κ2) is 6.20. The summed E-state index contributed by atoms with van der Waals surface area (Å²) in [5.41, 5.74) is 5.92. The third-order valence-corrected chi connectivity index (χ3v) is 4.60. The standard InChI is InChI=1S/C9H12ClN5O5S/c1-15(6(11)16,21(17,18)5-4-10)7-12-8(19-2)14-9(13-7)20-3/h4-5H,1-3H3,(H-,11,16)/p+1/b5-4+. The van der Waals surface area contributed by atoms with Gasteiger partial charge in [0.1, 0.15) is 7.05 Å². The highest BCUT2D eigenvalue weighted by molar-refractivity contribution is 7.94. The minimum atomic E-state index is -4.29. The van der Waals surface area contributed by atoms with E-state index >= 15 is 0 Å². The molecule has 1 heterocycles.